The second-order valence-electron chi connectivity index (χ2n) is 5.79. The van der Waals surface area contributed by atoms with Crippen LogP contribution in [0.2, 0.25) is 0 Å². The molecule has 0 bridgehead atoms. The lowest BCUT2D eigenvalue weighted by atomic mass is 9.99. The topological polar surface area (TPSA) is 97.0 Å². The maximum Gasteiger partial charge on any atom is 0.245 e. The van der Waals surface area contributed by atoms with Crippen LogP contribution in [0.25, 0.3) is 0 Å². The molecule has 124 valence electrons. The van der Waals surface area contributed by atoms with Crippen molar-refractivity contribution in [2.45, 2.75) is 19.8 Å². The van der Waals surface area contributed by atoms with Crippen LogP contribution in [-0.2, 0) is 16.0 Å². The summed E-state index contributed by atoms with van der Waals surface area (Å²) in [7, 11) is 0. The Hall–Kier alpha value is -2.09. The summed E-state index contributed by atoms with van der Waals surface area (Å²) in [6, 6.07) is 5.43. The molecular formula is C15H20N4O3S. The van der Waals surface area contributed by atoms with E-state index in [1.165, 1.54) is 0 Å². The van der Waals surface area contributed by atoms with Crippen LogP contribution >= 0.6 is 0 Å². The molecule has 2 heterocycles. The Kier molecular flexibility index (Phi) is 4.51. The Labute approximate surface area is 137 Å². The highest BCUT2D eigenvalue weighted by atomic mass is 32.2. The summed E-state index contributed by atoms with van der Waals surface area (Å²) in [6.45, 7) is 3.65. The maximum absolute atomic E-state index is 11.5. The Morgan fingerprint density at radius 1 is 1.57 bits per heavy atom. The number of nitrogens with zero attached hydrogens (tertiary/aromatic N) is 2. The summed E-state index contributed by atoms with van der Waals surface area (Å²) in [4.78, 5) is 13.4. The fourth-order valence-electron chi connectivity index (χ4n) is 2.95. The second-order valence-corrected chi connectivity index (χ2v) is 6.68. The molecule has 0 radical (unpaired) electrons. The minimum absolute atomic E-state index is 0.106. The van der Waals surface area contributed by atoms with Crippen molar-refractivity contribution in [2.75, 3.05) is 24.4 Å². The van der Waals surface area contributed by atoms with Gasteiger partial charge in [0.2, 0.25) is 17.1 Å². The second kappa shape index (κ2) is 6.57. The van der Waals surface area contributed by atoms with Crippen molar-refractivity contribution < 1.29 is 13.7 Å². The summed E-state index contributed by atoms with van der Waals surface area (Å²) in [6.07, 6.45) is 2.02. The molecule has 8 heteroatoms. The predicted molar refractivity (Wildman–Crippen MR) is 89.4 cm³/mol. The minimum Gasteiger partial charge on any atom is -0.492 e. The predicted octanol–water partition coefficient (Wildman–Crippen LogP) is 1.03. The van der Waals surface area contributed by atoms with Crippen LogP contribution in [0.4, 0.5) is 5.69 Å². The summed E-state index contributed by atoms with van der Waals surface area (Å²) in [5.41, 5.74) is 7.19. The number of benzene rings is 1. The number of amides is 1. The number of nitrogens with two attached hydrogens (primary N) is 1. The van der Waals surface area contributed by atoms with Gasteiger partial charge in [-0.3, -0.25) is 9.52 Å². The van der Waals surface area contributed by atoms with Crippen LogP contribution in [-0.4, -0.2) is 40.5 Å². The van der Waals surface area contributed by atoms with Crippen LogP contribution in [0.15, 0.2) is 22.6 Å². The number of ether oxygens (including phenoxy) is 1. The summed E-state index contributed by atoms with van der Waals surface area (Å²) in [5.74, 6) is 1.23. The molecule has 2 aliphatic heterocycles. The SMILES string of the molecule is CC(=O)N1CCC[C@H](COc2cccc3c2C(N)=NS(=O)N3)C1. The lowest BCUT2D eigenvalue weighted by Gasteiger charge is -2.32. The number of likely N-dealkylation sites (tertiary alicyclic amines) is 1. The number of anilines is 1. The number of nitrogens with one attached hydrogen (secondary N) is 1. The third-order valence-electron chi connectivity index (χ3n) is 4.10. The fraction of sp³-hybridized carbons (Fsp3) is 0.467. The van der Waals surface area contributed by atoms with Crippen molar-refractivity contribution in [3.8, 4) is 5.75 Å². The lowest BCUT2D eigenvalue weighted by molar-refractivity contribution is -0.130. The van der Waals surface area contributed by atoms with E-state index in [9.17, 15) is 9.00 Å². The van der Waals surface area contributed by atoms with Gasteiger partial charge in [0.05, 0.1) is 17.9 Å². The molecule has 1 aromatic carbocycles. The van der Waals surface area contributed by atoms with Crippen molar-refractivity contribution in [1.29, 1.82) is 0 Å². The average Bonchev–Trinajstić information content (AvgIpc) is 2.52. The maximum atomic E-state index is 11.5. The van der Waals surface area contributed by atoms with Gasteiger partial charge in [0.25, 0.3) is 0 Å². The molecule has 1 fully saturated rings. The van der Waals surface area contributed by atoms with E-state index in [-0.39, 0.29) is 11.7 Å². The number of hydrogen-bond acceptors (Lipinski definition) is 4. The number of carbonyl (C=O) groups is 1. The quantitative estimate of drug-likeness (QED) is 0.861. The van der Waals surface area contributed by atoms with Gasteiger partial charge >= 0.3 is 0 Å². The van der Waals surface area contributed by atoms with Gasteiger partial charge in [-0.15, -0.1) is 0 Å². The normalized spacial score (nSPS) is 23.5. The van der Waals surface area contributed by atoms with E-state index < -0.39 is 11.2 Å². The Bertz CT molecular complexity index is 677. The standard InChI is InChI=1S/C15H20N4O3S/c1-10(20)19-7-3-4-11(8-19)9-22-13-6-2-5-12-14(13)15(16)18-23(21)17-12/h2,5-6,11,17H,3-4,7-9H2,1H3,(H2,16,18)/t11-,23?/m0/s1. The van der Waals surface area contributed by atoms with E-state index in [2.05, 4.69) is 9.12 Å². The molecular weight excluding hydrogens is 316 g/mol. The van der Waals surface area contributed by atoms with Crippen LogP contribution < -0.4 is 15.2 Å². The van der Waals surface area contributed by atoms with Gasteiger partial charge in [0.15, 0.2) is 0 Å². The van der Waals surface area contributed by atoms with Crippen molar-refractivity contribution in [3.63, 3.8) is 0 Å². The molecule has 1 amide bonds. The molecule has 0 spiro atoms. The number of piperidine rings is 1. The molecule has 0 saturated carbocycles. The van der Waals surface area contributed by atoms with Crippen molar-refractivity contribution in [2.24, 2.45) is 16.0 Å². The first-order chi connectivity index (χ1) is 11.0. The Morgan fingerprint density at radius 3 is 3.17 bits per heavy atom. The molecule has 1 unspecified atom stereocenters. The molecule has 0 aromatic heterocycles. The van der Waals surface area contributed by atoms with E-state index in [1.54, 1.807) is 13.0 Å². The molecule has 2 aliphatic rings. The van der Waals surface area contributed by atoms with Gasteiger partial charge in [-0.1, -0.05) is 6.07 Å². The number of fused-ring (bicyclic) bond motifs is 1. The largest absolute Gasteiger partial charge is 0.492 e. The first kappa shape index (κ1) is 15.8. The van der Waals surface area contributed by atoms with Gasteiger partial charge in [-0.2, -0.15) is 4.40 Å². The van der Waals surface area contributed by atoms with Crippen molar-refractivity contribution in [3.05, 3.63) is 23.8 Å². The van der Waals surface area contributed by atoms with Crippen LogP contribution in [0, 0.1) is 5.92 Å². The van der Waals surface area contributed by atoms with Crippen LogP contribution in [0.3, 0.4) is 0 Å². The van der Waals surface area contributed by atoms with Gasteiger partial charge < -0.3 is 15.4 Å². The smallest absolute Gasteiger partial charge is 0.245 e. The van der Waals surface area contributed by atoms with E-state index >= 15 is 0 Å². The molecule has 0 aliphatic carbocycles. The zero-order chi connectivity index (χ0) is 16.4. The average molecular weight is 336 g/mol. The molecule has 2 atom stereocenters. The Balaban J connectivity index is 1.71. The van der Waals surface area contributed by atoms with E-state index in [0.717, 1.165) is 25.9 Å². The minimum atomic E-state index is -1.54. The molecule has 3 N–H and O–H groups in total. The summed E-state index contributed by atoms with van der Waals surface area (Å²) >= 11 is -1.54. The van der Waals surface area contributed by atoms with Crippen molar-refractivity contribution >= 4 is 28.6 Å². The number of carbonyl (C=O) groups excluding carboxylic acids is 1. The molecule has 3 rings (SSSR count). The molecule has 23 heavy (non-hydrogen) atoms. The summed E-state index contributed by atoms with van der Waals surface area (Å²) in [5, 5.41) is 0. The van der Waals surface area contributed by atoms with Gasteiger partial charge in [0.1, 0.15) is 11.6 Å². The van der Waals surface area contributed by atoms with Crippen LogP contribution in [0.5, 0.6) is 5.75 Å². The zero-order valence-electron chi connectivity index (χ0n) is 12.9. The fourth-order valence-corrected chi connectivity index (χ4v) is 3.62. The third-order valence-corrected chi connectivity index (χ3v) is 4.86. The van der Waals surface area contributed by atoms with Gasteiger partial charge in [0, 0.05) is 25.9 Å². The first-order valence-electron chi connectivity index (χ1n) is 7.59. The van der Waals surface area contributed by atoms with Crippen molar-refractivity contribution in [1.82, 2.24) is 4.90 Å². The van der Waals surface area contributed by atoms with E-state index in [0.29, 0.717) is 29.5 Å². The monoisotopic (exact) mass is 336 g/mol. The number of hydrogen-bond donors (Lipinski definition) is 2. The highest BCUT2D eigenvalue weighted by molar-refractivity contribution is 7.85. The molecule has 1 saturated heterocycles. The highest BCUT2D eigenvalue weighted by Gasteiger charge is 2.24. The third kappa shape index (κ3) is 3.47. The Morgan fingerprint density at radius 2 is 2.39 bits per heavy atom. The molecule has 1 aromatic rings. The lowest BCUT2D eigenvalue weighted by Crippen LogP contribution is -2.40. The van der Waals surface area contributed by atoms with E-state index in [1.807, 2.05) is 17.0 Å². The first-order valence-corrected chi connectivity index (χ1v) is 8.69. The molecule has 7 nitrogen and oxygen atoms in total. The summed E-state index contributed by atoms with van der Waals surface area (Å²) < 4.78 is 24.0. The number of rotatable bonds is 3. The van der Waals surface area contributed by atoms with E-state index in [4.69, 9.17) is 10.5 Å². The highest BCUT2D eigenvalue weighted by Crippen LogP contribution is 2.30. The zero-order valence-corrected chi connectivity index (χ0v) is 13.8. The number of amidine groups is 1. The van der Waals surface area contributed by atoms with Crippen LogP contribution in [0.1, 0.15) is 25.3 Å². The van der Waals surface area contributed by atoms with Gasteiger partial charge in [-0.25, -0.2) is 4.21 Å². The van der Waals surface area contributed by atoms with Gasteiger partial charge in [-0.05, 0) is 25.0 Å².